The molecule has 0 fully saturated rings. The van der Waals surface area contributed by atoms with E-state index in [2.05, 4.69) is 5.32 Å². The summed E-state index contributed by atoms with van der Waals surface area (Å²) in [5.74, 6) is -1.27. The van der Waals surface area contributed by atoms with Crippen molar-refractivity contribution in [1.29, 1.82) is 0 Å². The van der Waals surface area contributed by atoms with E-state index >= 15 is 0 Å². The van der Waals surface area contributed by atoms with Crippen LogP contribution in [0.1, 0.15) is 26.4 Å². The van der Waals surface area contributed by atoms with Crippen LogP contribution < -0.4 is 15.5 Å². The lowest BCUT2D eigenvalue weighted by Gasteiger charge is -2.19. The Morgan fingerprint density at radius 1 is 1.03 bits per heavy atom. The summed E-state index contributed by atoms with van der Waals surface area (Å²) in [4.78, 5) is 38.3. The van der Waals surface area contributed by atoms with Crippen LogP contribution in [0.4, 0.5) is 0 Å². The minimum absolute atomic E-state index is 0.0358. The van der Waals surface area contributed by atoms with Crippen LogP contribution in [-0.4, -0.2) is 28.7 Å². The van der Waals surface area contributed by atoms with E-state index in [0.29, 0.717) is 32.9 Å². The summed E-state index contributed by atoms with van der Waals surface area (Å²) < 4.78 is 6.78. The number of methoxy groups -OCH3 is 1. The lowest BCUT2D eigenvalue weighted by molar-refractivity contribution is 0.0685. The number of pyridine rings is 1. The molecule has 1 amide bonds. The normalized spacial score (nSPS) is 10.7. The molecule has 166 valence electrons. The summed E-state index contributed by atoms with van der Waals surface area (Å²) >= 11 is 5.87. The number of nitrogens with one attached hydrogen (secondary N) is 1. The predicted molar refractivity (Wildman–Crippen MR) is 126 cm³/mol. The number of carboxylic acid groups (broad SMARTS) is 1. The van der Waals surface area contributed by atoms with E-state index in [1.807, 2.05) is 6.07 Å². The molecule has 33 heavy (non-hydrogen) atoms. The van der Waals surface area contributed by atoms with Crippen molar-refractivity contribution in [2.24, 2.45) is 0 Å². The molecular weight excluding hydrogens is 444 g/mol. The van der Waals surface area contributed by atoms with Crippen molar-refractivity contribution in [3.8, 4) is 11.4 Å². The van der Waals surface area contributed by atoms with Gasteiger partial charge in [0.05, 0.1) is 18.2 Å². The smallest absolute Gasteiger partial charge is 0.353 e. The second-order valence-electron chi connectivity index (χ2n) is 7.21. The Hall–Kier alpha value is -4.10. The van der Waals surface area contributed by atoms with Crippen molar-refractivity contribution >= 4 is 34.4 Å². The van der Waals surface area contributed by atoms with Crippen LogP contribution in [0, 0.1) is 0 Å². The summed E-state index contributed by atoms with van der Waals surface area (Å²) in [6, 6.07) is 19.9. The second-order valence-corrected chi connectivity index (χ2v) is 7.64. The molecule has 0 aliphatic rings. The summed E-state index contributed by atoms with van der Waals surface area (Å²) in [5.41, 5.74) is 0.530. The largest absolute Gasteiger partial charge is 0.497 e. The molecular formula is C25H19ClN2O5. The molecule has 0 saturated heterocycles. The number of halogens is 1. The van der Waals surface area contributed by atoms with Gasteiger partial charge in [-0.05, 0) is 48.5 Å². The maximum Gasteiger partial charge on any atom is 0.353 e. The molecule has 4 aromatic rings. The number of nitrogens with zero attached hydrogens (tertiary/aromatic N) is 1. The number of para-hydroxylation sites is 1. The predicted octanol–water partition coefficient (Wildman–Crippen LogP) is 4.28. The SMILES string of the molecule is COc1ccc2c(=O)c(CNC(=O)c3ccc(Cl)cc3)c(C(=O)O)n(-c3ccccc3)c2c1. The number of aromatic carboxylic acids is 1. The molecule has 8 heteroatoms. The molecule has 0 spiro atoms. The van der Waals surface area contributed by atoms with Crippen LogP contribution >= 0.6 is 11.6 Å². The summed E-state index contributed by atoms with van der Waals surface area (Å²) in [5, 5.41) is 13.6. The zero-order valence-electron chi connectivity index (χ0n) is 17.5. The highest BCUT2D eigenvalue weighted by Gasteiger charge is 2.24. The summed E-state index contributed by atoms with van der Waals surface area (Å²) in [6.45, 7) is -0.267. The van der Waals surface area contributed by atoms with Crippen molar-refractivity contribution in [3.05, 3.63) is 105 Å². The Labute approximate surface area is 193 Å². The minimum atomic E-state index is -1.29. The van der Waals surface area contributed by atoms with Gasteiger partial charge in [-0.2, -0.15) is 0 Å². The van der Waals surface area contributed by atoms with Crippen molar-refractivity contribution in [3.63, 3.8) is 0 Å². The van der Waals surface area contributed by atoms with E-state index in [9.17, 15) is 19.5 Å². The van der Waals surface area contributed by atoms with Crippen LogP contribution in [0.2, 0.25) is 5.02 Å². The number of carbonyl (C=O) groups excluding carboxylic acids is 1. The maximum atomic E-state index is 13.3. The Bertz CT molecular complexity index is 1410. The number of rotatable bonds is 6. The Morgan fingerprint density at radius 3 is 2.36 bits per heavy atom. The highest BCUT2D eigenvalue weighted by molar-refractivity contribution is 6.30. The quantitative estimate of drug-likeness (QED) is 0.445. The molecule has 0 saturated carbocycles. The van der Waals surface area contributed by atoms with Gasteiger partial charge < -0.3 is 19.7 Å². The van der Waals surface area contributed by atoms with Crippen molar-refractivity contribution in [1.82, 2.24) is 9.88 Å². The maximum absolute atomic E-state index is 13.3. The van der Waals surface area contributed by atoms with Gasteiger partial charge in [0.15, 0.2) is 5.43 Å². The third kappa shape index (κ3) is 4.31. The number of ether oxygens (including phenoxy) is 1. The zero-order chi connectivity index (χ0) is 23.5. The topological polar surface area (TPSA) is 97.6 Å². The first-order valence-corrected chi connectivity index (χ1v) is 10.4. The lowest BCUT2D eigenvalue weighted by atomic mass is 10.1. The average Bonchev–Trinajstić information content (AvgIpc) is 2.83. The third-order valence-corrected chi connectivity index (χ3v) is 5.48. The van der Waals surface area contributed by atoms with Gasteiger partial charge in [0, 0.05) is 34.3 Å². The fourth-order valence-electron chi connectivity index (χ4n) is 3.65. The van der Waals surface area contributed by atoms with E-state index in [4.69, 9.17) is 16.3 Å². The molecule has 0 aliphatic carbocycles. The average molecular weight is 463 g/mol. The fraction of sp³-hybridized carbons (Fsp3) is 0.0800. The van der Waals surface area contributed by atoms with Crippen LogP contribution in [0.3, 0.4) is 0 Å². The number of aromatic nitrogens is 1. The standard InChI is InChI=1S/C25H19ClN2O5/c1-33-18-11-12-19-21(13-18)28(17-5-3-2-4-6-17)22(25(31)32)20(23(19)29)14-27-24(30)15-7-9-16(26)10-8-15/h2-13H,14H2,1H3,(H,27,30)(H,31,32). The van der Waals surface area contributed by atoms with Gasteiger partial charge in [0.25, 0.3) is 5.91 Å². The molecule has 0 bridgehead atoms. The van der Waals surface area contributed by atoms with Crippen molar-refractivity contribution in [2.75, 3.05) is 7.11 Å². The number of carboxylic acids is 1. The summed E-state index contributed by atoms with van der Waals surface area (Å²) in [7, 11) is 1.49. The van der Waals surface area contributed by atoms with E-state index in [0.717, 1.165) is 0 Å². The van der Waals surface area contributed by atoms with E-state index in [-0.39, 0.29) is 17.8 Å². The fourth-order valence-corrected chi connectivity index (χ4v) is 3.77. The molecule has 1 heterocycles. The molecule has 7 nitrogen and oxygen atoms in total. The number of benzene rings is 3. The Morgan fingerprint density at radius 2 is 1.73 bits per heavy atom. The Balaban J connectivity index is 1.90. The van der Waals surface area contributed by atoms with Gasteiger partial charge in [-0.25, -0.2) is 4.79 Å². The number of hydrogen-bond acceptors (Lipinski definition) is 4. The first kappa shape index (κ1) is 22.1. The number of fused-ring (bicyclic) bond motifs is 1. The molecule has 4 rings (SSSR count). The first-order valence-electron chi connectivity index (χ1n) is 9.99. The lowest BCUT2D eigenvalue weighted by Crippen LogP contribution is -2.30. The van der Waals surface area contributed by atoms with Gasteiger partial charge in [0.2, 0.25) is 0 Å². The molecule has 2 N–H and O–H groups in total. The van der Waals surface area contributed by atoms with Gasteiger partial charge in [-0.3, -0.25) is 9.59 Å². The van der Waals surface area contributed by atoms with Crippen molar-refractivity contribution in [2.45, 2.75) is 6.54 Å². The Kier molecular flexibility index (Phi) is 6.15. The van der Waals surface area contributed by atoms with Gasteiger partial charge >= 0.3 is 5.97 Å². The van der Waals surface area contributed by atoms with Gasteiger partial charge in [-0.15, -0.1) is 0 Å². The summed E-state index contributed by atoms with van der Waals surface area (Å²) in [6.07, 6.45) is 0. The molecule has 0 atom stereocenters. The zero-order valence-corrected chi connectivity index (χ0v) is 18.3. The third-order valence-electron chi connectivity index (χ3n) is 5.22. The number of amides is 1. The highest BCUT2D eigenvalue weighted by Crippen LogP contribution is 2.25. The van der Waals surface area contributed by atoms with Crippen LogP contribution in [0.5, 0.6) is 5.75 Å². The van der Waals surface area contributed by atoms with Gasteiger partial charge in [-0.1, -0.05) is 29.8 Å². The number of carbonyl (C=O) groups is 2. The molecule has 3 aromatic carbocycles. The molecule has 0 radical (unpaired) electrons. The van der Waals surface area contributed by atoms with Crippen LogP contribution in [0.25, 0.3) is 16.6 Å². The van der Waals surface area contributed by atoms with E-state index in [1.54, 1.807) is 66.7 Å². The highest BCUT2D eigenvalue weighted by atomic mass is 35.5. The van der Waals surface area contributed by atoms with Gasteiger partial charge in [0.1, 0.15) is 11.4 Å². The van der Waals surface area contributed by atoms with E-state index in [1.165, 1.54) is 11.7 Å². The monoisotopic (exact) mass is 462 g/mol. The minimum Gasteiger partial charge on any atom is -0.497 e. The van der Waals surface area contributed by atoms with Crippen LogP contribution in [0.15, 0.2) is 77.6 Å². The molecule has 0 aliphatic heterocycles. The molecule has 1 aromatic heterocycles. The number of hydrogen-bond donors (Lipinski definition) is 2. The van der Waals surface area contributed by atoms with E-state index < -0.39 is 17.3 Å². The first-order chi connectivity index (χ1) is 15.9. The second kappa shape index (κ2) is 9.18. The van der Waals surface area contributed by atoms with Crippen molar-refractivity contribution < 1.29 is 19.4 Å². The van der Waals surface area contributed by atoms with Crippen LogP contribution in [-0.2, 0) is 6.54 Å². The molecule has 0 unspecified atom stereocenters.